The van der Waals surface area contributed by atoms with E-state index in [4.69, 9.17) is 16.3 Å². The standard InChI is InChI=1S/C18H17ClFNO3/c19-13-2-4-14(5-3-13)24-15-7-9-21(10-8-15)17-12(11-22)1-6-16(20)18(17)23/h1-6,11,15,23H,7-10H2. The molecule has 1 aliphatic rings. The molecule has 0 spiro atoms. The topological polar surface area (TPSA) is 49.8 Å². The number of benzene rings is 2. The Morgan fingerprint density at radius 2 is 1.83 bits per heavy atom. The molecule has 1 fully saturated rings. The SMILES string of the molecule is O=Cc1ccc(F)c(O)c1N1CCC(Oc2ccc(Cl)cc2)CC1. The third kappa shape index (κ3) is 3.46. The van der Waals surface area contributed by atoms with Crippen LogP contribution in [0.4, 0.5) is 10.1 Å². The number of carbonyl (C=O) groups excluding carboxylic acids is 1. The largest absolute Gasteiger partial charge is 0.503 e. The molecule has 0 atom stereocenters. The Morgan fingerprint density at radius 3 is 2.46 bits per heavy atom. The number of hydrogen-bond acceptors (Lipinski definition) is 4. The van der Waals surface area contributed by atoms with Crippen LogP contribution in [-0.4, -0.2) is 30.6 Å². The second-order valence-corrected chi connectivity index (χ2v) is 6.15. The van der Waals surface area contributed by atoms with Crippen LogP contribution in [0, 0.1) is 5.82 Å². The zero-order valence-electron chi connectivity index (χ0n) is 12.9. The van der Waals surface area contributed by atoms with E-state index in [1.165, 1.54) is 6.07 Å². The monoisotopic (exact) mass is 349 g/mol. The molecule has 0 unspecified atom stereocenters. The van der Waals surface area contributed by atoms with Crippen molar-refractivity contribution in [2.75, 3.05) is 18.0 Å². The van der Waals surface area contributed by atoms with Gasteiger partial charge in [-0.2, -0.15) is 0 Å². The predicted octanol–water partition coefficient (Wildman–Crippen LogP) is 4.05. The molecule has 0 aliphatic carbocycles. The summed E-state index contributed by atoms with van der Waals surface area (Å²) in [6.07, 6.45) is 2.07. The second kappa shape index (κ2) is 7.09. The molecule has 126 valence electrons. The first-order valence-corrected chi connectivity index (χ1v) is 8.10. The highest BCUT2D eigenvalue weighted by atomic mass is 35.5. The number of rotatable bonds is 4. The zero-order valence-corrected chi connectivity index (χ0v) is 13.7. The molecule has 1 saturated heterocycles. The van der Waals surface area contributed by atoms with Crippen molar-refractivity contribution >= 4 is 23.6 Å². The van der Waals surface area contributed by atoms with Crippen molar-refractivity contribution in [2.45, 2.75) is 18.9 Å². The first-order chi connectivity index (χ1) is 11.6. The van der Waals surface area contributed by atoms with E-state index >= 15 is 0 Å². The molecule has 24 heavy (non-hydrogen) atoms. The first kappa shape index (κ1) is 16.6. The van der Waals surface area contributed by atoms with E-state index in [2.05, 4.69) is 0 Å². The lowest BCUT2D eigenvalue weighted by Crippen LogP contribution is -2.38. The Morgan fingerprint density at radius 1 is 1.17 bits per heavy atom. The Bertz CT molecular complexity index is 728. The van der Waals surface area contributed by atoms with Crippen molar-refractivity contribution in [2.24, 2.45) is 0 Å². The first-order valence-electron chi connectivity index (χ1n) is 7.72. The number of aldehydes is 1. The summed E-state index contributed by atoms with van der Waals surface area (Å²) in [5.74, 6) is -0.452. The van der Waals surface area contributed by atoms with Crippen molar-refractivity contribution in [3.05, 3.63) is 52.8 Å². The Labute approximate surface area is 144 Å². The van der Waals surface area contributed by atoms with E-state index in [0.717, 1.165) is 11.8 Å². The number of aromatic hydroxyl groups is 1. The van der Waals surface area contributed by atoms with Crippen LogP contribution in [0.25, 0.3) is 0 Å². The van der Waals surface area contributed by atoms with E-state index in [1.807, 2.05) is 17.0 Å². The number of halogens is 2. The summed E-state index contributed by atoms with van der Waals surface area (Å²) in [5.41, 5.74) is 0.543. The average molecular weight is 350 g/mol. The van der Waals surface area contributed by atoms with Gasteiger partial charge in [0.05, 0.1) is 5.69 Å². The zero-order chi connectivity index (χ0) is 17.1. The number of hydrogen-bond donors (Lipinski definition) is 1. The maximum atomic E-state index is 13.6. The summed E-state index contributed by atoms with van der Waals surface area (Å²) in [6, 6.07) is 9.65. The lowest BCUT2D eigenvalue weighted by atomic mass is 10.0. The molecule has 1 heterocycles. The third-order valence-corrected chi connectivity index (χ3v) is 4.39. The Kier molecular flexibility index (Phi) is 4.90. The lowest BCUT2D eigenvalue weighted by Gasteiger charge is -2.34. The van der Waals surface area contributed by atoms with E-state index in [0.29, 0.717) is 37.2 Å². The molecule has 2 aromatic carbocycles. The number of phenolic OH excluding ortho intramolecular Hbond substituents is 1. The van der Waals surface area contributed by atoms with Gasteiger partial charge in [0.2, 0.25) is 0 Å². The van der Waals surface area contributed by atoms with Crippen molar-refractivity contribution in [3.8, 4) is 11.5 Å². The average Bonchev–Trinajstić information content (AvgIpc) is 2.60. The molecule has 1 aliphatic heterocycles. The van der Waals surface area contributed by atoms with Gasteiger partial charge in [0, 0.05) is 36.5 Å². The normalized spacial score (nSPS) is 15.3. The van der Waals surface area contributed by atoms with Crippen LogP contribution in [0.15, 0.2) is 36.4 Å². The van der Waals surface area contributed by atoms with E-state index in [9.17, 15) is 14.3 Å². The second-order valence-electron chi connectivity index (χ2n) is 5.71. The Balaban J connectivity index is 1.68. The molecule has 0 aromatic heterocycles. The molecular formula is C18H17ClFNO3. The predicted molar refractivity (Wildman–Crippen MR) is 90.8 cm³/mol. The van der Waals surface area contributed by atoms with Crippen LogP contribution < -0.4 is 9.64 Å². The molecule has 0 amide bonds. The van der Waals surface area contributed by atoms with Crippen molar-refractivity contribution < 1.29 is 19.0 Å². The quantitative estimate of drug-likeness (QED) is 0.846. The molecule has 0 saturated carbocycles. The van der Waals surface area contributed by atoms with Crippen LogP contribution in [0.5, 0.6) is 11.5 Å². The highest BCUT2D eigenvalue weighted by molar-refractivity contribution is 6.30. The summed E-state index contributed by atoms with van der Waals surface area (Å²) in [5, 5.41) is 10.6. The van der Waals surface area contributed by atoms with Gasteiger partial charge >= 0.3 is 0 Å². The fourth-order valence-electron chi connectivity index (χ4n) is 2.90. The Hall–Kier alpha value is -2.27. The highest BCUT2D eigenvalue weighted by Crippen LogP contribution is 2.35. The van der Waals surface area contributed by atoms with Gasteiger partial charge in [0.1, 0.15) is 11.9 Å². The van der Waals surface area contributed by atoms with Crippen LogP contribution >= 0.6 is 11.6 Å². The lowest BCUT2D eigenvalue weighted by molar-refractivity contribution is 0.112. The van der Waals surface area contributed by atoms with Crippen molar-refractivity contribution in [1.82, 2.24) is 0 Å². The van der Waals surface area contributed by atoms with Crippen LogP contribution in [0.3, 0.4) is 0 Å². The van der Waals surface area contributed by atoms with E-state index in [-0.39, 0.29) is 17.4 Å². The smallest absolute Gasteiger partial charge is 0.175 e. The minimum absolute atomic E-state index is 0.0257. The number of phenols is 1. The molecule has 4 nitrogen and oxygen atoms in total. The van der Waals surface area contributed by atoms with Crippen LogP contribution in [-0.2, 0) is 0 Å². The highest BCUT2D eigenvalue weighted by Gasteiger charge is 2.25. The third-order valence-electron chi connectivity index (χ3n) is 4.13. The minimum atomic E-state index is -0.727. The molecule has 6 heteroatoms. The molecule has 3 rings (SSSR count). The van der Waals surface area contributed by atoms with E-state index in [1.54, 1.807) is 12.1 Å². The number of piperidine rings is 1. The maximum absolute atomic E-state index is 13.6. The van der Waals surface area contributed by atoms with Crippen molar-refractivity contribution in [3.63, 3.8) is 0 Å². The van der Waals surface area contributed by atoms with Gasteiger partial charge in [-0.25, -0.2) is 4.39 Å². The fraction of sp³-hybridized carbons (Fsp3) is 0.278. The summed E-state index contributed by atoms with van der Waals surface area (Å²) < 4.78 is 19.5. The number of carbonyl (C=O) groups is 1. The number of anilines is 1. The summed E-state index contributed by atoms with van der Waals surface area (Å²) >= 11 is 5.85. The van der Waals surface area contributed by atoms with Gasteiger partial charge in [-0.05, 0) is 36.4 Å². The van der Waals surface area contributed by atoms with Gasteiger partial charge < -0.3 is 14.7 Å². The molecule has 0 bridgehead atoms. The minimum Gasteiger partial charge on any atom is -0.503 e. The summed E-state index contributed by atoms with van der Waals surface area (Å²) in [4.78, 5) is 13.0. The summed E-state index contributed by atoms with van der Waals surface area (Å²) in [6.45, 7) is 1.13. The maximum Gasteiger partial charge on any atom is 0.175 e. The van der Waals surface area contributed by atoms with Crippen LogP contribution in [0.1, 0.15) is 23.2 Å². The van der Waals surface area contributed by atoms with Gasteiger partial charge in [-0.1, -0.05) is 11.6 Å². The van der Waals surface area contributed by atoms with E-state index < -0.39 is 11.6 Å². The number of ether oxygens (including phenoxy) is 1. The summed E-state index contributed by atoms with van der Waals surface area (Å²) in [7, 11) is 0. The van der Waals surface area contributed by atoms with Gasteiger partial charge in [0.15, 0.2) is 17.9 Å². The van der Waals surface area contributed by atoms with Gasteiger partial charge in [-0.15, -0.1) is 0 Å². The van der Waals surface area contributed by atoms with Crippen LogP contribution in [0.2, 0.25) is 5.02 Å². The molecule has 0 radical (unpaired) electrons. The van der Waals surface area contributed by atoms with Gasteiger partial charge in [0.25, 0.3) is 0 Å². The molecule has 1 N–H and O–H groups in total. The number of nitrogens with zero attached hydrogens (tertiary/aromatic N) is 1. The molecular weight excluding hydrogens is 333 g/mol. The fourth-order valence-corrected chi connectivity index (χ4v) is 3.03. The van der Waals surface area contributed by atoms with Gasteiger partial charge in [-0.3, -0.25) is 4.79 Å². The van der Waals surface area contributed by atoms with Crippen molar-refractivity contribution in [1.29, 1.82) is 0 Å². The molecule has 2 aromatic rings.